The summed E-state index contributed by atoms with van der Waals surface area (Å²) in [5.41, 5.74) is 3.11. The van der Waals surface area contributed by atoms with E-state index in [0.717, 1.165) is 16.7 Å². The van der Waals surface area contributed by atoms with Crippen molar-refractivity contribution in [3.63, 3.8) is 0 Å². The molecule has 2 aromatic rings. The van der Waals surface area contributed by atoms with Gasteiger partial charge in [0.2, 0.25) is 0 Å². The number of benzene rings is 2. The van der Waals surface area contributed by atoms with E-state index in [4.69, 9.17) is 14.2 Å². The van der Waals surface area contributed by atoms with Gasteiger partial charge in [0, 0.05) is 7.11 Å². The fraction of sp³-hybridized carbons (Fsp3) is 0.294. The van der Waals surface area contributed by atoms with Crippen molar-refractivity contribution in [1.29, 1.82) is 0 Å². The first-order chi connectivity index (χ1) is 10.3. The van der Waals surface area contributed by atoms with Crippen LogP contribution in [0.1, 0.15) is 5.56 Å². The van der Waals surface area contributed by atoms with Crippen molar-refractivity contribution >= 4 is 0 Å². The minimum absolute atomic E-state index is 0.225. The second kappa shape index (κ2) is 8.52. The molecule has 0 unspecified atom stereocenters. The normalized spacial score (nSPS) is 10.8. The van der Waals surface area contributed by atoms with Crippen LogP contribution in [0.2, 0.25) is 0 Å². The summed E-state index contributed by atoms with van der Waals surface area (Å²) in [6.45, 7) is 1.84. The Morgan fingerprint density at radius 1 is 0.810 bits per heavy atom. The number of hydrogen-bond acceptors (Lipinski definition) is 3. The second-order valence-electron chi connectivity index (χ2n) is 4.57. The third-order valence-electron chi connectivity index (χ3n) is 3.00. The molecule has 0 radical (unpaired) electrons. The molecule has 3 nitrogen and oxygen atoms in total. The zero-order valence-electron chi connectivity index (χ0n) is 12.0. The predicted octanol–water partition coefficient (Wildman–Crippen LogP) is 3.63. The van der Waals surface area contributed by atoms with Gasteiger partial charge in [-0.05, 0) is 28.8 Å². The molecule has 2 rings (SSSR count). The summed E-state index contributed by atoms with van der Waals surface area (Å²) in [4.78, 5) is 0. The van der Waals surface area contributed by atoms with Crippen molar-refractivity contribution in [1.82, 2.24) is 0 Å². The molecule has 0 aromatic heterocycles. The molecular weight excluding hydrogens is 271 g/mol. The molecule has 0 atom stereocenters. The number of hydrogen-bond donors (Lipinski definition) is 0. The fourth-order valence-electron chi connectivity index (χ4n) is 1.86. The van der Waals surface area contributed by atoms with Crippen molar-refractivity contribution in [2.24, 2.45) is 0 Å². The van der Waals surface area contributed by atoms with E-state index in [0.29, 0.717) is 19.8 Å². The highest BCUT2D eigenvalue weighted by molar-refractivity contribution is 5.63. The lowest BCUT2D eigenvalue weighted by Crippen LogP contribution is -2.05. The quantitative estimate of drug-likeness (QED) is 0.549. The SMILES string of the molecule is COCCOCOCc1ccc(-c2ccc(F)cc2)cc1. The summed E-state index contributed by atoms with van der Waals surface area (Å²) in [5.74, 6) is -0.225. The number of halogens is 1. The Morgan fingerprint density at radius 3 is 2.05 bits per heavy atom. The first kappa shape index (κ1) is 15.6. The van der Waals surface area contributed by atoms with Crippen LogP contribution in [-0.4, -0.2) is 27.1 Å². The number of methoxy groups -OCH3 is 1. The lowest BCUT2D eigenvalue weighted by Gasteiger charge is -2.07. The zero-order chi connectivity index (χ0) is 14.9. The van der Waals surface area contributed by atoms with E-state index in [9.17, 15) is 4.39 Å². The molecule has 0 saturated carbocycles. The summed E-state index contributed by atoms with van der Waals surface area (Å²) in [7, 11) is 1.63. The highest BCUT2D eigenvalue weighted by atomic mass is 19.1. The first-order valence-corrected chi connectivity index (χ1v) is 6.79. The van der Waals surface area contributed by atoms with Gasteiger partial charge in [0.15, 0.2) is 0 Å². The second-order valence-corrected chi connectivity index (χ2v) is 4.57. The number of rotatable bonds is 8. The van der Waals surface area contributed by atoms with Gasteiger partial charge in [-0.2, -0.15) is 0 Å². The van der Waals surface area contributed by atoms with Crippen molar-refractivity contribution < 1.29 is 18.6 Å². The molecule has 112 valence electrons. The standard InChI is InChI=1S/C17H19FO3/c1-19-10-11-20-13-21-12-14-2-4-15(5-3-14)16-6-8-17(18)9-7-16/h2-9H,10-13H2,1H3. The van der Waals surface area contributed by atoms with E-state index in [-0.39, 0.29) is 12.6 Å². The van der Waals surface area contributed by atoms with Crippen LogP contribution in [0.3, 0.4) is 0 Å². The Kier molecular flexibility index (Phi) is 6.34. The molecule has 0 aliphatic rings. The molecule has 0 aliphatic heterocycles. The molecule has 0 bridgehead atoms. The third kappa shape index (κ3) is 5.27. The van der Waals surface area contributed by atoms with Crippen molar-refractivity contribution in [2.75, 3.05) is 27.1 Å². The topological polar surface area (TPSA) is 27.7 Å². The van der Waals surface area contributed by atoms with Crippen LogP contribution in [0.25, 0.3) is 11.1 Å². The average Bonchev–Trinajstić information content (AvgIpc) is 2.52. The minimum Gasteiger partial charge on any atom is -0.382 e. The van der Waals surface area contributed by atoms with Gasteiger partial charge < -0.3 is 14.2 Å². The molecule has 0 saturated heterocycles. The van der Waals surface area contributed by atoms with E-state index >= 15 is 0 Å². The maximum absolute atomic E-state index is 12.9. The molecule has 0 spiro atoms. The van der Waals surface area contributed by atoms with Crippen LogP contribution in [-0.2, 0) is 20.8 Å². The Labute approximate surface area is 124 Å². The maximum atomic E-state index is 12.9. The average molecular weight is 290 g/mol. The predicted molar refractivity (Wildman–Crippen MR) is 79.3 cm³/mol. The largest absolute Gasteiger partial charge is 0.382 e. The molecule has 0 heterocycles. The maximum Gasteiger partial charge on any atom is 0.147 e. The Balaban J connectivity index is 1.80. The van der Waals surface area contributed by atoms with Gasteiger partial charge in [-0.3, -0.25) is 0 Å². The zero-order valence-corrected chi connectivity index (χ0v) is 12.0. The molecule has 0 fully saturated rings. The summed E-state index contributed by atoms with van der Waals surface area (Å²) in [6, 6.07) is 14.4. The van der Waals surface area contributed by atoms with E-state index in [1.54, 1.807) is 19.2 Å². The van der Waals surface area contributed by atoms with E-state index in [2.05, 4.69) is 0 Å². The van der Waals surface area contributed by atoms with Crippen LogP contribution in [0.5, 0.6) is 0 Å². The summed E-state index contributed by atoms with van der Waals surface area (Å²) in [5, 5.41) is 0. The van der Waals surface area contributed by atoms with Crippen molar-refractivity contribution in [3.05, 3.63) is 59.9 Å². The minimum atomic E-state index is -0.225. The van der Waals surface area contributed by atoms with Crippen LogP contribution in [0, 0.1) is 5.82 Å². The number of ether oxygens (including phenoxy) is 3. The van der Waals surface area contributed by atoms with Crippen LogP contribution in [0.4, 0.5) is 4.39 Å². The van der Waals surface area contributed by atoms with Gasteiger partial charge in [0.25, 0.3) is 0 Å². The van der Waals surface area contributed by atoms with E-state index in [1.165, 1.54) is 12.1 Å². The molecule has 2 aromatic carbocycles. The lowest BCUT2D eigenvalue weighted by molar-refractivity contribution is -0.0724. The fourth-order valence-corrected chi connectivity index (χ4v) is 1.86. The van der Waals surface area contributed by atoms with E-state index < -0.39 is 0 Å². The highest BCUT2D eigenvalue weighted by Crippen LogP contribution is 2.20. The first-order valence-electron chi connectivity index (χ1n) is 6.79. The van der Waals surface area contributed by atoms with Crippen LogP contribution < -0.4 is 0 Å². The smallest absolute Gasteiger partial charge is 0.147 e. The van der Waals surface area contributed by atoms with E-state index in [1.807, 2.05) is 24.3 Å². The Hall–Kier alpha value is -1.75. The van der Waals surface area contributed by atoms with Gasteiger partial charge in [-0.25, -0.2) is 4.39 Å². The molecular formula is C17H19FO3. The Morgan fingerprint density at radius 2 is 1.43 bits per heavy atom. The molecule has 21 heavy (non-hydrogen) atoms. The molecule has 4 heteroatoms. The van der Waals surface area contributed by atoms with Crippen molar-refractivity contribution in [2.45, 2.75) is 6.61 Å². The molecule has 0 amide bonds. The summed E-state index contributed by atoms with van der Waals surface area (Å²) >= 11 is 0. The monoisotopic (exact) mass is 290 g/mol. The van der Waals surface area contributed by atoms with Gasteiger partial charge in [0.1, 0.15) is 12.6 Å². The van der Waals surface area contributed by atoms with Crippen molar-refractivity contribution in [3.8, 4) is 11.1 Å². The molecule has 0 N–H and O–H groups in total. The lowest BCUT2D eigenvalue weighted by atomic mass is 10.0. The van der Waals surface area contributed by atoms with Gasteiger partial charge in [-0.15, -0.1) is 0 Å². The Bertz CT molecular complexity index is 523. The summed E-state index contributed by atoms with van der Waals surface area (Å²) < 4.78 is 28.4. The van der Waals surface area contributed by atoms with Gasteiger partial charge >= 0.3 is 0 Å². The van der Waals surface area contributed by atoms with Gasteiger partial charge in [-0.1, -0.05) is 36.4 Å². The van der Waals surface area contributed by atoms with Gasteiger partial charge in [0.05, 0.1) is 19.8 Å². The highest BCUT2D eigenvalue weighted by Gasteiger charge is 1.99. The van der Waals surface area contributed by atoms with Crippen LogP contribution in [0.15, 0.2) is 48.5 Å². The molecule has 0 aliphatic carbocycles. The third-order valence-corrected chi connectivity index (χ3v) is 3.00. The van der Waals surface area contributed by atoms with Crippen LogP contribution >= 0.6 is 0 Å². The summed E-state index contributed by atoms with van der Waals surface area (Å²) in [6.07, 6.45) is 0.